The first-order chi connectivity index (χ1) is 4.27. The van der Waals surface area contributed by atoms with E-state index in [2.05, 4.69) is 11.8 Å². The molecule has 0 aliphatic rings. The Hall–Kier alpha value is -0.410. The summed E-state index contributed by atoms with van der Waals surface area (Å²) >= 11 is -2.25. The van der Waals surface area contributed by atoms with Crippen LogP contribution in [0.1, 0.15) is 0 Å². The average Bonchev–Trinajstić information content (AvgIpc) is 1.80. The summed E-state index contributed by atoms with van der Waals surface area (Å²) in [6.07, 6.45) is 0. The van der Waals surface area contributed by atoms with Gasteiger partial charge in [0.05, 0.1) is 6.54 Å². The van der Waals surface area contributed by atoms with Crippen LogP contribution in [0, 0.1) is 11.8 Å². The molecule has 0 spiro atoms. The van der Waals surface area contributed by atoms with E-state index < -0.39 is 11.3 Å². The number of hydrogen-bond donors (Lipinski definition) is 2. The summed E-state index contributed by atoms with van der Waals surface area (Å²) in [5.74, 6) is 4.64. The van der Waals surface area contributed by atoms with Gasteiger partial charge < -0.3 is 9.66 Å². The van der Waals surface area contributed by atoms with Crippen molar-refractivity contribution < 1.29 is 13.9 Å². The lowest BCUT2D eigenvalue weighted by Crippen LogP contribution is -2.16. The first-order valence-corrected chi connectivity index (χ1v) is 3.24. The molecule has 0 saturated carbocycles. The monoisotopic (exact) mass is 148 g/mol. The zero-order valence-electron chi connectivity index (χ0n) is 4.59. The molecule has 0 aliphatic heterocycles. The molecule has 2 N–H and O–H groups in total. The summed E-state index contributed by atoms with van der Waals surface area (Å²) in [6, 6.07) is 0. The predicted molar refractivity (Wildman–Crippen MR) is 31.8 cm³/mol. The molecule has 0 rings (SSSR count). The molecule has 0 saturated heterocycles. The molecule has 0 amide bonds. The van der Waals surface area contributed by atoms with Gasteiger partial charge in [0.25, 0.3) is 0 Å². The van der Waals surface area contributed by atoms with Crippen molar-refractivity contribution in [3.63, 3.8) is 0 Å². The maximum absolute atomic E-state index is 9.72. The van der Waals surface area contributed by atoms with E-state index in [4.69, 9.17) is 5.11 Å². The largest absolute Gasteiger partial charge is 0.760 e. The van der Waals surface area contributed by atoms with Gasteiger partial charge in [-0.05, 0) is 0 Å². The van der Waals surface area contributed by atoms with E-state index in [9.17, 15) is 8.76 Å². The first kappa shape index (κ1) is 8.59. The number of rotatable bonds is 2. The molecule has 0 heterocycles. The molecule has 0 aromatic rings. The summed E-state index contributed by atoms with van der Waals surface area (Å²) in [5, 5.41) is 8.08. The number of aliphatic hydroxyl groups is 1. The average molecular weight is 148 g/mol. The van der Waals surface area contributed by atoms with E-state index in [0.29, 0.717) is 0 Å². The lowest BCUT2D eigenvalue weighted by atomic mass is 10.6. The van der Waals surface area contributed by atoms with Gasteiger partial charge in [0, 0.05) is 11.3 Å². The van der Waals surface area contributed by atoms with E-state index in [1.807, 2.05) is 4.72 Å². The summed E-state index contributed by atoms with van der Waals surface area (Å²) < 4.78 is 21.5. The highest BCUT2D eigenvalue weighted by Gasteiger charge is 1.73. The Bertz CT molecular complexity index is 148. The summed E-state index contributed by atoms with van der Waals surface area (Å²) in [4.78, 5) is 0. The van der Waals surface area contributed by atoms with Crippen LogP contribution >= 0.6 is 0 Å². The van der Waals surface area contributed by atoms with Crippen LogP contribution in [0.3, 0.4) is 0 Å². The van der Waals surface area contributed by atoms with Gasteiger partial charge in [-0.1, -0.05) is 11.8 Å². The number of nitrogens with one attached hydrogen (secondary N) is 1. The van der Waals surface area contributed by atoms with E-state index in [1.165, 1.54) is 0 Å². The Morgan fingerprint density at radius 3 is 2.78 bits per heavy atom. The molecular formula is C4H6NO3S-. The van der Waals surface area contributed by atoms with E-state index >= 15 is 0 Å². The van der Waals surface area contributed by atoms with Gasteiger partial charge >= 0.3 is 0 Å². The van der Waals surface area contributed by atoms with Gasteiger partial charge in [-0.2, -0.15) is 0 Å². The lowest BCUT2D eigenvalue weighted by Gasteiger charge is -2.00. The Morgan fingerprint density at radius 2 is 2.33 bits per heavy atom. The van der Waals surface area contributed by atoms with Crippen LogP contribution in [-0.2, 0) is 11.3 Å². The fraction of sp³-hybridized carbons (Fsp3) is 0.500. The highest BCUT2D eigenvalue weighted by molar-refractivity contribution is 7.77. The van der Waals surface area contributed by atoms with Crippen LogP contribution in [0.25, 0.3) is 0 Å². The van der Waals surface area contributed by atoms with Crippen molar-refractivity contribution in [3.05, 3.63) is 0 Å². The molecule has 52 valence electrons. The standard InChI is InChI=1S/C4H7NO3S/c6-4-2-1-3-5-9(7)8/h5-6H,3-4H2,(H,7,8)/p-1. The molecule has 0 radical (unpaired) electrons. The number of aliphatic hydroxyl groups excluding tert-OH is 1. The van der Waals surface area contributed by atoms with Crippen LogP contribution in [0.5, 0.6) is 0 Å². The summed E-state index contributed by atoms with van der Waals surface area (Å²) in [6.45, 7) is -0.191. The van der Waals surface area contributed by atoms with Crippen molar-refractivity contribution in [2.75, 3.05) is 13.2 Å². The number of hydrogen-bond acceptors (Lipinski definition) is 3. The zero-order chi connectivity index (χ0) is 7.11. The van der Waals surface area contributed by atoms with Crippen molar-refractivity contribution in [2.45, 2.75) is 0 Å². The van der Waals surface area contributed by atoms with Crippen LogP contribution in [0.2, 0.25) is 0 Å². The van der Waals surface area contributed by atoms with Crippen molar-refractivity contribution in [1.29, 1.82) is 0 Å². The third-order valence-corrected chi connectivity index (χ3v) is 0.863. The van der Waals surface area contributed by atoms with Crippen LogP contribution < -0.4 is 4.72 Å². The molecule has 0 aromatic carbocycles. The maximum atomic E-state index is 9.72. The third kappa shape index (κ3) is 7.59. The topological polar surface area (TPSA) is 72.4 Å². The Kier molecular flexibility index (Phi) is 5.46. The van der Waals surface area contributed by atoms with Crippen molar-refractivity contribution >= 4 is 11.3 Å². The molecule has 9 heavy (non-hydrogen) atoms. The van der Waals surface area contributed by atoms with Gasteiger partial charge in [-0.3, -0.25) is 4.21 Å². The predicted octanol–water partition coefficient (Wildman–Crippen LogP) is -1.63. The molecule has 0 aromatic heterocycles. The summed E-state index contributed by atoms with van der Waals surface area (Å²) in [7, 11) is 0. The van der Waals surface area contributed by atoms with Crippen LogP contribution in [0.4, 0.5) is 0 Å². The minimum Gasteiger partial charge on any atom is -0.760 e. The van der Waals surface area contributed by atoms with E-state index in [0.717, 1.165) is 0 Å². The highest BCUT2D eigenvalue weighted by Crippen LogP contribution is 1.59. The molecule has 5 heteroatoms. The van der Waals surface area contributed by atoms with E-state index in [-0.39, 0.29) is 13.2 Å². The lowest BCUT2D eigenvalue weighted by molar-refractivity contribution is 0.350. The highest BCUT2D eigenvalue weighted by atomic mass is 32.2. The fourth-order valence-corrected chi connectivity index (χ4v) is 0.403. The van der Waals surface area contributed by atoms with Gasteiger partial charge in [-0.15, -0.1) is 0 Å². The van der Waals surface area contributed by atoms with Gasteiger partial charge in [0.1, 0.15) is 6.61 Å². The molecular weight excluding hydrogens is 142 g/mol. The smallest absolute Gasteiger partial charge is 0.104 e. The Labute approximate surface area is 55.7 Å². The fourth-order valence-electron chi connectivity index (χ4n) is 0.213. The Morgan fingerprint density at radius 1 is 1.67 bits per heavy atom. The zero-order valence-corrected chi connectivity index (χ0v) is 5.40. The van der Waals surface area contributed by atoms with Crippen LogP contribution in [0.15, 0.2) is 0 Å². The van der Waals surface area contributed by atoms with Crippen molar-refractivity contribution in [3.8, 4) is 11.8 Å². The molecule has 1 unspecified atom stereocenters. The molecule has 0 bridgehead atoms. The minimum absolute atomic E-state index is 0.0523. The maximum Gasteiger partial charge on any atom is 0.104 e. The summed E-state index contributed by atoms with van der Waals surface area (Å²) in [5.41, 5.74) is 0. The second-order valence-electron chi connectivity index (χ2n) is 1.07. The quantitative estimate of drug-likeness (QED) is 0.364. The van der Waals surface area contributed by atoms with Gasteiger partial charge in [0.2, 0.25) is 0 Å². The molecule has 0 fully saturated rings. The molecule has 4 nitrogen and oxygen atoms in total. The molecule has 0 aliphatic carbocycles. The SMILES string of the molecule is O=S([O-])NCC#CCO. The second-order valence-corrected chi connectivity index (χ2v) is 1.83. The van der Waals surface area contributed by atoms with E-state index in [1.54, 1.807) is 0 Å². The third-order valence-electron chi connectivity index (χ3n) is 0.482. The minimum atomic E-state index is -2.25. The van der Waals surface area contributed by atoms with Gasteiger partial charge in [-0.25, -0.2) is 4.72 Å². The first-order valence-electron chi connectivity index (χ1n) is 2.16. The normalized spacial score (nSPS) is 11.8. The van der Waals surface area contributed by atoms with Crippen molar-refractivity contribution in [1.82, 2.24) is 4.72 Å². The molecule has 1 atom stereocenters. The van der Waals surface area contributed by atoms with Crippen LogP contribution in [-0.4, -0.2) is 27.0 Å². The Balaban J connectivity index is 3.19. The van der Waals surface area contributed by atoms with Crippen molar-refractivity contribution in [2.24, 2.45) is 0 Å². The second kappa shape index (κ2) is 5.72. The van der Waals surface area contributed by atoms with Gasteiger partial charge in [0.15, 0.2) is 0 Å².